The minimum absolute atomic E-state index is 0.0326. The summed E-state index contributed by atoms with van der Waals surface area (Å²) in [7, 11) is 0. The summed E-state index contributed by atoms with van der Waals surface area (Å²) in [4.78, 5) is 23.3. The van der Waals surface area contributed by atoms with Gasteiger partial charge in [-0.25, -0.2) is 9.97 Å². The molecule has 2 fully saturated rings. The predicted molar refractivity (Wildman–Crippen MR) is 139 cm³/mol. The van der Waals surface area contributed by atoms with Gasteiger partial charge in [0.05, 0.1) is 24.1 Å². The number of amides is 1. The highest BCUT2D eigenvalue weighted by atomic mass is 19.4. The Kier molecular flexibility index (Phi) is 5.72. The Labute approximate surface area is 227 Å². The zero-order chi connectivity index (χ0) is 27.6. The molecule has 1 unspecified atom stereocenters. The first-order valence-corrected chi connectivity index (χ1v) is 13.4. The molecule has 3 aliphatic rings. The van der Waals surface area contributed by atoms with Crippen LogP contribution in [0.4, 0.5) is 18.9 Å². The van der Waals surface area contributed by atoms with E-state index in [1.807, 2.05) is 48.5 Å². The van der Waals surface area contributed by atoms with Gasteiger partial charge >= 0.3 is 6.18 Å². The third-order valence-corrected chi connectivity index (χ3v) is 7.97. The van der Waals surface area contributed by atoms with Crippen LogP contribution >= 0.6 is 0 Å². The van der Waals surface area contributed by atoms with E-state index < -0.39 is 12.0 Å². The molecule has 3 aromatic heterocycles. The van der Waals surface area contributed by atoms with E-state index in [0.717, 1.165) is 39.7 Å². The van der Waals surface area contributed by atoms with Crippen molar-refractivity contribution in [1.82, 2.24) is 34.6 Å². The second-order valence-electron chi connectivity index (χ2n) is 10.7. The molecule has 10 nitrogen and oxygen atoms in total. The van der Waals surface area contributed by atoms with Crippen LogP contribution in [0.2, 0.25) is 0 Å². The van der Waals surface area contributed by atoms with Crippen molar-refractivity contribution in [1.29, 1.82) is 0 Å². The molecule has 1 saturated carbocycles. The zero-order valence-electron chi connectivity index (χ0n) is 21.7. The number of hydrogen-bond acceptors (Lipinski definition) is 7. The number of pyridine rings is 1. The van der Waals surface area contributed by atoms with Crippen molar-refractivity contribution in [3.63, 3.8) is 0 Å². The molecule has 0 radical (unpaired) electrons. The highest BCUT2D eigenvalue weighted by Gasteiger charge is 2.39. The number of anilines is 1. The maximum atomic E-state index is 13.2. The van der Waals surface area contributed by atoms with E-state index in [9.17, 15) is 18.0 Å². The minimum Gasteiger partial charge on any atom is -0.473 e. The fraction of sp³-hybridized carbons (Fsp3) is 0.444. The van der Waals surface area contributed by atoms with Gasteiger partial charge in [0.1, 0.15) is 11.6 Å². The third-order valence-electron chi connectivity index (χ3n) is 7.97. The topological polar surface area (TPSA) is 103 Å². The molecule has 2 aliphatic heterocycles. The Bertz CT molecular complexity index is 1590. The van der Waals surface area contributed by atoms with Crippen molar-refractivity contribution >= 4 is 22.6 Å². The van der Waals surface area contributed by atoms with E-state index >= 15 is 0 Å². The van der Waals surface area contributed by atoms with E-state index in [1.165, 1.54) is 0 Å². The first kappa shape index (κ1) is 24.9. The van der Waals surface area contributed by atoms with Crippen LogP contribution in [-0.2, 0) is 24.1 Å². The molecule has 5 heterocycles. The van der Waals surface area contributed by atoms with Gasteiger partial charge < -0.3 is 24.1 Å². The number of nitrogens with one attached hydrogen (secondary N) is 1. The van der Waals surface area contributed by atoms with Gasteiger partial charge in [0.2, 0.25) is 17.6 Å². The number of carbonyl (C=O) groups is 1. The predicted octanol–water partition coefficient (Wildman–Crippen LogP) is 3.97. The molecule has 1 N–H and O–H groups in total. The lowest BCUT2D eigenvalue weighted by molar-refractivity contribution is -0.147. The van der Waals surface area contributed by atoms with Gasteiger partial charge in [-0.15, -0.1) is 10.2 Å². The van der Waals surface area contributed by atoms with Crippen molar-refractivity contribution in [2.45, 2.75) is 57.6 Å². The summed E-state index contributed by atoms with van der Waals surface area (Å²) < 4.78 is 49.3. The molecule has 1 amide bonds. The summed E-state index contributed by atoms with van der Waals surface area (Å²) in [6.45, 7) is 3.34. The SMILES string of the molecule is C[C@@H](Oc1nc(-c2ccc(N3CCn4c(nnc4C(F)(F)F)C3)cc2)cc2ncn(C3CC3)c12)C1CNC(=O)C1. The number of halogens is 3. The second-order valence-corrected chi connectivity index (χ2v) is 10.7. The van der Waals surface area contributed by atoms with Gasteiger partial charge in [0.25, 0.3) is 0 Å². The lowest BCUT2D eigenvalue weighted by Gasteiger charge is -2.30. The first-order valence-electron chi connectivity index (χ1n) is 13.4. The van der Waals surface area contributed by atoms with E-state index in [2.05, 4.69) is 25.1 Å². The molecule has 1 saturated heterocycles. The summed E-state index contributed by atoms with van der Waals surface area (Å²) in [5, 5.41) is 10.0. The molecule has 0 spiro atoms. The summed E-state index contributed by atoms with van der Waals surface area (Å²) in [5.41, 5.74) is 4.09. The Morgan fingerprint density at radius 2 is 1.93 bits per heavy atom. The fourth-order valence-corrected chi connectivity index (χ4v) is 5.55. The first-order chi connectivity index (χ1) is 19.2. The number of hydrogen-bond donors (Lipinski definition) is 1. The third kappa shape index (κ3) is 4.42. The van der Waals surface area contributed by atoms with Crippen LogP contribution in [0, 0.1) is 5.92 Å². The normalized spacial score (nSPS) is 20.1. The number of alkyl halides is 3. The maximum Gasteiger partial charge on any atom is 0.451 e. The molecule has 2 atom stereocenters. The zero-order valence-corrected chi connectivity index (χ0v) is 21.7. The van der Waals surface area contributed by atoms with Crippen molar-refractivity contribution in [2.24, 2.45) is 5.92 Å². The maximum absolute atomic E-state index is 13.2. The highest BCUT2D eigenvalue weighted by Crippen LogP contribution is 2.40. The number of imidazole rings is 1. The van der Waals surface area contributed by atoms with E-state index in [-0.39, 0.29) is 36.8 Å². The van der Waals surface area contributed by atoms with Gasteiger partial charge in [0, 0.05) is 49.3 Å². The van der Waals surface area contributed by atoms with Crippen LogP contribution in [-0.4, -0.2) is 54.4 Å². The van der Waals surface area contributed by atoms with Crippen molar-refractivity contribution in [2.75, 3.05) is 18.0 Å². The van der Waals surface area contributed by atoms with Crippen LogP contribution in [0.5, 0.6) is 5.88 Å². The van der Waals surface area contributed by atoms with Gasteiger partial charge in [-0.3, -0.25) is 4.79 Å². The molecule has 0 bridgehead atoms. The molecule has 7 rings (SSSR count). The number of fused-ring (bicyclic) bond motifs is 2. The van der Waals surface area contributed by atoms with Gasteiger partial charge in [-0.1, -0.05) is 12.1 Å². The van der Waals surface area contributed by atoms with E-state index in [1.54, 1.807) is 0 Å². The molecule has 13 heteroatoms. The number of aromatic nitrogens is 6. The van der Waals surface area contributed by atoms with Crippen LogP contribution in [0.15, 0.2) is 36.7 Å². The number of rotatable bonds is 6. The fourth-order valence-electron chi connectivity index (χ4n) is 5.55. The van der Waals surface area contributed by atoms with Crippen molar-refractivity contribution < 1.29 is 22.7 Å². The van der Waals surface area contributed by atoms with Crippen molar-refractivity contribution in [3.8, 4) is 17.1 Å². The lowest BCUT2D eigenvalue weighted by Crippen LogP contribution is -2.35. The lowest BCUT2D eigenvalue weighted by atomic mass is 10.0. The summed E-state index contributed by atoms with van der Waals surface area (Å²) in [5.74, 6) is -0.0664. The second kappa shape index (κ2) is 9.20. The smallest absolute Gasteiger partial charge is 0.451 e. The van der Waals surface area contributed by atoms with E-state index in [4.69, 9.17) is 9.72 Å². The molecule has 4 aromatic rings. The molecular weight excluding hydrogens is 525 g/mol. The standard InChI is InChI=1S/C27H27F3N8O2/c1-15(17-10-23(39)31-12-17)40-25-24-21(32-14-38(24)19-6-7-19)11-20(33-25)16-2-4-18(5-3-16)36-8-9-37-22(13-36)34-35-26(37)27(28,29)30/h2-5,11,14-15,17,19H,6-10,12-13H2,1H3,(H,31,39)/t15-,17?/m1/s1. The Balaban J connectivity index is 1.16. The average Bonchev–Trinajstić information content (AvgIpc) is 3.31. The highest BCUT2D eigenvalue weighted by molar-refractivity contribution is 5.85. The van der Waals surface area contributed by atoms with Gasteiger partial charge in [-0.05, 0) is 38.0 Å². The summed E-state index contributed by atoms with van der Waals surface area (Å²) in [6.07, 6.45) is -0.284. The molecular formula is C27H27F3N8O2. The van der Waals surface area contributed by atoms with Crippen LogP contribution in [0.25, 0.3) is 22.3 Å². The van der Waals surface area contributed by atoms with Crippen molar-refractivity contribution in [3.05, 3.63) is 48.3 Å². The quantitative estimate of drug-likeness (QED) is 0.386. The summed E-state index contributed by atoms with van der Waals surface area (Å²) >= 11 is 0. The number of carbonyl (C=O) groups excluding carboxylic acids is 1. The van der Waals surface area contributed by atoms with E-state index in [0.29, 0.717) is 37.1 Å². The number of benzene rings is 1. The van der Waals surface area contributed by atoms with Crippen LogP contribution in [0.1, 0.15) is 43.9 Å². The Morgan fingerprint density at radius 3 is 2.62 bits per heavy atom. The number of nitrogens with zero attached hydrogens (tertiary/aromatic N) is 7. The molecule has 1 aromatic carbocycles. The number of ether oxygens (including phenoxy) is 1. The van der Waals surface area contributed by atoms with Gasteiger partial charge in [-0.2, -0.15) is 13.2 Å². The van der Waals surface area contributed by atoms with Crippen LogP contribution in [0.3, 0.4) is 0 Å². The largest absolute Gasteiger partial charge is 0.473 e. The Hall–Kier alpha value is -4.16. The average molecular weight is 553 g/mol. The Morgan fingerprint density at radius 1 is 1.12 bits per heavy atom. The molecule has 1 aliphatic carbocycles. The summed E-state index contributed by atoms with van der Waals surface area (Å²) in [6, 6.07) is 10.1. The monoisotopic (exact) mass is 552 g/mol. The molecule has 40 heavy (non-hydrogen) atoms. The van der Waals surface area contributed by atoms with Crippen LogP contribution < -0.4 is 15.0 Å². The minimum atomic E-state index is -4.52. The van der Waals surface area contributed by atoms with Gasteiger partial charge in [0.15, 0.2) is 5.82 Å². The molecule has 208 valence electrons.